The standard InChI is InChI=1S/C10H12O3S2/c1-13-10(12)8-4-2-3-5-9(8)15-14-7-6-11/h2-5,11H,6-7H2,1H3. The van der Waals surface area contributed by atoms with E-state index in [4.69, 9.17) is 5.11 Å². The Morgan fingerprint density at radius 1 is 1.47 bits per heavy atom. The van der Waals surface area contributed by atoms with Crippen molar-refractivity contribution in [2.45, 2.75) is 4.90 Å². The van der Waals surface area contributed by atoms with Crippen molar-refractivity contribution in [3.05, 3.63) is 29.8 Å². The quantitative estimate of drug-likeness (QED) is 0.489. The van der Waals surface area contributed by atoms with E-state index in [0.717, 1.165) is 4.90 Å². The number of benzene rings is 1. The zero-order valence-corrected chi connectivity index (χ0v) is 9.94. The number of aliphatic hydroxyl groups excluding tert-OH is 1. The molecule has 3 nitrogen and oxygen atoms in total. The molecule has 5 heteroatoms. The SMILES string of the molecule is COC(=O)c1ccccc1SSCCO. The Kier molecular flexibility index (Phi) is 5.60. The van der Waals surface area contributed by atoms with Gasteiger partial charge in [0.15, 0.2) is 0 Å². The molecule has 1 aromatic rings. The van der Waals surface area contributed by atoms with Gasteiger partial charge in [-0.15, -0.1) is 0 Å². The highest BCUT2D eigenvalue weighted by Gasteiger charge is 2.10. The van der Waals surface area contributed by atoms with Gasteiger partial charge in [-0.1, -0.05) is 33.7 Å². The third kappa shape index (κ3) is 3.77. The maximum atomic E-state index is 11.4. The Labute approximate surface area is 96.6 Å². The van der Waals surface area contributed by atoms with Crippen LogP contribution >= 0.6 is 21.6 Å². The summed E-state index contributed by atoms with van der Waals surface area (Å²) in [5.74, 6) is 0.308. The molecule has 0 spiro atoms. The molecule has 0 unspecified atom stereocenters. The smallest absolute Gasteiger partial charge is 0.339 e. The van der Waals surface area contributed by atoms with E-state index in [1.54, 1.807) is 12.1 Å². The monoisotopic (exact) mass is 244 g/mol. The van der Waals surface area contributed by atoms with Gasteiger partial charge in [-0.25, -0.2) is 4.79 Å². The van der Waals surface area contributed by atoms with Crippen LogP contribution in [0.2, 0.25) is 0 Å². The number of esters is 1. The topological polar surface area (TPSA) is 46.5 Å². The molecule has 0 aliphatic carbocycles. The molecule has 1 rings (SSSR count). The van der Waals surface area contributed by atoms with E-state index in [0.29, 0.717) is 11.3 Å². The highest BCUT2D eigenvalue weighted by Crippen LogP contribution is 2.33. The van der Waals surface area contributed by atoms with Crippen molar-refractivity contribution in [1.82, 2.24) is 0 Å². The summed E-state index contributed by atoms with van der Waals surface area (Å²) >= 11 is 0. The molecule has 15 heavy (non-hydrogen) atoms. The van der Waals surface area contributed by atoms with E-state index < -0.39 is 0 Å². The van der Waals surface area contributed by atoms with Gasteiger partial charge in [0.25, 0.3) is 0 Å². The number of methoxy groups -OCH3 is 1. The Morgan fingerprint density at radius 2 is 2.20 bits per heavy atom. The van der Waals surface area contributed by atoms with Crippen LogP contribution in [0.4, 0.5) is 0 Å². The second-order valence-corrected chi connectivity index (χ2v) is 5.07. The largest absolute Gasteiger partial charge is 0.465 e. The fourth-order valence-corrected chi connectivity index (χ4v) is 2.91. The van der Waals surface area contributed by atoms with Crippen LogP contribution in [0.15, 0.2) is 29.2 Å². The highest BCUT2D eigenvalue weighted by atomic mass is 33.1. The summed E-state index contributed by atoms with van der Waals surface area (Å²) in [5, 5.41) is 8.64. The molecule has 0 atom stereocenters. The fraction of sp³-hybridized carbons (Fsp3) is 0.300. The first-order chi connectivity index (χ1) is 7.29. The van der Waals surface area contributed by atoms with Crippen molar-refractivity contribution in [1.29, 1.82) is 0 Å². The van der Waals surface area contributed by atoms with Gasteiger partial charge < -0.3 is 9.84 Å². The number of hydrogen-bond acceptors (Lipinski definition) is 5. The molecule has 82 valence electrons. The van der Waals surface area contributed by atoms with Gasteiger partial charge in [0.05, 0.1) is 19.3 Å². The molecule has 0 fully saturated rings. The van der Waals surface area contributed by atoms with E-state index in [1.807, 2.05) is 12.1 Å². The third-order valence-corrected chi connectivity index (χ3v) is 4.01. The molecule has 0 radical (unpaired) electrons. The predicted octanol–water partition coefficient (Wildman–Crippen LogP) is 2.21. The summed E-state index contributed by atoms with van der Waals surface area (Å²) in [6.07, 6.45) is 0. The molecule has 0 saturated heterocycles. The van der Waals surface area contributed by atoms with Crippen molar-refractivity contribution in [3.8, 4) is 0 Å². The summed E-state index contributed by atoms with van der Waals surface area (Å²) in [6.45, 7) is 0.137. The molecular weight excluding hydrogens is 232 g/mol. The fourth-order valence-electron chi connectivity index (χ4n) is 0.960. The lowest BCUT2D eigenvalue weighted by molar-refractivity contribution is 0.0597. The highest BCUT2D eigenvalue weighted by molar-refractivity contribution is 8.76. The van der Waals surface area contributed by atoms with Crippen molar-refractivity contribution in [2.75, 3.05) is 19.5 Å². The average Bonchev–Trinajstić information content (AvgIpc) is 2.29. The number of rotatable bonds is 5. The Hall–Kier alpha value is -0.650. The van der Waals surface area contributed by atoms with E-state index in [2.05, 4.69) is 4.74 Å². The first-order valence-electron chi connectivity index (χ1n) is 4.37. The normalized spacial score (nSPS) is 10.0. The minimum Gasteiger partial charge on any atom is -0.465 e. The minimum absolute atomic E-state index is 0.137. The summed E-state index contributed by atoms with van der Waals surface area (Å²) in [6, 6.07) is 7.26. The molecule has 1 aromatic carbocycles. The summed E-state index contributed by atoms with van der Waals surface area (Å²) in [4.78, 5) is 12.2. The van der Waals surface area contributed by atoms with Crippen LogP contribution in [0, 0.1) is 0 Å². The van der Waals surface area contributed by atoms with E-state index in [-0.39, 0.29) is 12.6 Å². The maximum absolute atomic E-state index is 11.4. The van der Waals surface area contributed by atoms with Crippen LogP contribution in [0.1, 0.15) is 10.4 Å². The first kappa shape index (κ1) is 12.4. The van der Waals surface area contributed by atoms with Crippen molar-refractivity contribution >= 4 is 27.6 Å². The number of carbonyl (C=O) groups is 1. The minimum atomic E-state index is -0.331. The van der Waals surface area contributed by atoms with Crippen molar-refractivity contribution in [3.63, 3.8) is 0 Å². The van der Waals surface area contributed by atoms with Gasteiger partial charge >= 0.3 is 5.97 Å². The second-order valence-electron chi connectivity index (χ2n) is 2.62. The van der Waals surface area contributed by atoms with Crippen LogP contribution in [0.5, 0.6) is 0 Å². The van der Waals surface area contributed by atoms with Crippen LogP contribution in [0.3, 0.4) is 0 Å². The van der Waals surface area contributed by atoms with Crippen LogP contribution in [-0.2, 0) is 4.74 Å². The molecule has 0 heterocycles. The van der Waals surface area contributed by atoms with Gasteiger partial charge in [-0.05, 0) is 12.1 Å². The maximum Gasteiger partial charge on any atom is 0.339 e. The second kappa shape index (κ2) is 6.76. The summed E-state index contributed by atoms with van der Waals surface area (Å²) < 4.78 is 4.67. The summed E-state index contributed by atoms with van der Waals surface area (Å²) in [5.41, 5.74) is 0.565. The first-order valence-corrected chi connectivity index (χ1v) is 6.69. The zero-order chi connectivity index (χ0) is 11.1. The number of carbonyl (C=O) groups excluding carboxylic acids is 1. The number of aliphatic hydroxyl groups is 1. The lowest BCUT2D eigenvalue weighted by Gasteiger charge is -2.05. The van der Waals surface area contributed by atoms with Gasteiger partial charge in [0, 0.05) is 10.6 Å². The Balaban J connectivity index is 2.73. The zero-order valence-electron chi connectivity index (χ0n) is 8.30. The molecule has 0 saturated carbocycles. The number of ether oxygens (including phenoxy) is 1. The lowest BCUT2D eigenvalue weighted by atomic mass is 10.2. The van der Waals surface area contributed by atoms with Crippen LogP contribution < -0.4 is 0 Å². The molecule has 0 aromatic heterocycles. The molecule has 0 aliphatic rings. The van der Waals surface area contributed by atoms with Gasteiger partial charge in [-0.2, -0.15) is 0 Å². The van der Waals surface area contributed by atoms with Gasteiger partial charge in [0.2, 0.25) is 0 Å². The molecule has 0 aliphatic heterocycles. The number of hydrogen-bond donors (Lipinski definition) is 1. The lowest BCUT2D eigenvalue weighted by Crippen LogP contribution is -2.02. The molecular formula is C10H12O3S2. The van der Waals surface area contributed by atoms with Crippen LogP contribution in [0.25, 0.3) is 0 Å². The molecule has 0 bridgehead atoms. The average molecular weight is 244 g/mol. The van der Waals surface area contributed by atoms with Crippen LogP contribution in [-0.4, -0.2) is 30.5 Å². The van der Waals surface area contributed by atoms with E-state index in [1.165, 1.54) is 28.7 Å². The van der Waals surface area contributed by atoms with Crippen molar-refractivity contribution in [2.24, 2.45) is 0 Å². The third-order valence-electron chi connectivity index (χ3n) is 1.62. The van der Waals surface area contributed by atoms with Crippen molar-refractivity contribution < 1.29 is 14.6 Å². The van der Waals surface area contributed by atoms with E-state index >= 15 is 0 Å². The van der Waals surface area contributed by atoms with Gasteiger partial charge in [-0.3, -0.25) is 0 Å². The van der Waals surface area contributed by atoms with Gasteiger partial charge in [0.1, 0.15) is 0 Å². The predicted molar refractivity (Wildman–Crippen MR) is 63.2 cm³/mol. The summed E-state index contributed by atoms with van der Waals surface area (Å²) in [7, 11) is 4.34. The molecule has 0 amide bonds. The van der Waals surface area contributed by atoms with E-state index in [9.17, 15) is 4.79 Å². The molecule has 1 N–H and O–H groups in total. The Bertz CT molecular complexity index is 328. The Morgan fingerprint density at radius 3 is 2.87 bits per heavy atom.